The first-order valence-corrected chi connectivity index (χ1v) is 10.1. The Labute approximate surface area is 201 Å². The van der Waals surface area contributed by atoms with Gasteiger partial charge in [0.2, 0.25) is 0 Å². The lowest BCUT2D eigenvalue weighted by molar-refractivity contribution is -0.149. The highest BCUT2D eigenvalue weighted by Gasteiger charge is 2.41. The minimum absolute atomic E-state index is 0.000522. The van der Waals surface area contributed by atoms with Crippen molar-refractivity contribution in [2.45, 2.75) is 37.4 Å². The zero-order valence-corrected chi connectivity index (χ0v) is 18.7. The number of hydrogen-bond acceptors (Lipinski definition) is 1. The Bertz CT molecular complexity index is 1120. The van der Waals surface area contributed by atoms with Crippen molar-refractivity contribution in [3.05, 3.63) is 74.8 Å². The first kappa shape index (κ1) is 28.8. The smallest absolute Gasteiger partial charge is 0.341 e. The molecular weight excluding hydrogens is 543 g/mol. The van der Waals surface area contributed by atoms with Gasteiger partial charge in [0.1, 0.15) is 17.8 Å². The number of rotatable bonds is 5. The van der Waals surface area contributed by atoms with Crippen LogP contribution in [0.25, 0.3) is 5.83 Å². The minimum Gasteiger partial charge on any atom is -0.341 e. The number of halogens is 12. The van der Waals surface area contributed by atoms with E-state index < -0.39 is 64.5 Å². The summed E-state index contributed by atoms with van der Waals surface area (Å²) in [5.41, 5.74) is -4.67. The van der Waals surface area contributed by atoms with E-state index in [4.69, 9.17) is 23.2 Å². The van der Waals surface area contributed by atoms with Crippen molar-refractivity contribution in [1.82, 2.24) is 5.32 Å². The highest BCUT2D eigenvalue weighted by atomic mass is 35.5. The van der Waals surface area contributed by atoms with Crippen LogP contribution in [0.4, 0.5) is 43.9 Å². The molecule has 1 amide bonds. The summed E-state index contributed by atoms with van der Waals surface area (Å²) in [7, 11) is 0. The number of nitrogens with one attached hydrogen (secondary N) is 1. The predicted octanol–water partition coefficient (Wildman–Crippen LogP) is 8.35. The van der Waals surface area contributed by atoms with Gasteiger partial charge in [-0.25, -0.2) is 4.39 Å². The SMILES string of the molecule is C[C@@H](NC(=O)c1ccc(/C(F)=C/C(c2ccc(Cl)c(Cl)c2)C(F)(F)F)cc1C(F)(F)F)C(F)(F)F. The molecule has 14 heteroatoms. The molecule has 1 N–H and O–H groups in total. The third-order valence-corrected chi connectivity index (χ3v) is 5.39. The number of allylic oxidation sites excluding steroid dienone is 1. The first-order chi connectivity index (χ1) is 15.8. The van der Waals surface area contributed by atoms with Crippen LogP contribution in [-0.4, -0.2) is 24.3 Å². The molecule has 2 nitrogen and oxygen atoms in total. The van der Waals surface area contributed by atoms with Crippen LogP contribution < -0.4 is 5.32 Å². The predicted molar refractivity (Wildman–Crippen MR) is 109 cm³/mol. The van der Waals surface area contributed by atoms with Crippen molar-refractivity contribution in [1.29, 1.82) is 0 Å². The number of amides is 1. The molecule has 0 fully saturated rings. The maximum atomic E-state index is 14.7. The van der Waals surface area contributed by atoms with Gasteiger partial charge >= 0.3 is 18.5 Å². The van der Waals surface area contributed by atoms with Crippen molar-refractivity contribution in [3.8, 4) is 0 Å². The van der Waals surface area contributed by atoms with E-state index in [1.807, 2.05) is 0 Å². The van der Waals surface area contributed by atoms with E-state index in [2.05, 4.69) is 0 Å². The van der Waals surface area contributed by atoms with E-state index >= 15 is 0 Å². The molecular formula is C21H13Cl2F10NO. The van der Waals surface area contributed by atoms with Gasteiger partial charge in [0, 0.05) is 5.56 Å². The molecule has 2 rings (SSSR count). The normalized spacial score (nSPS) is 15.1. The molecule has 0 aromatic heterocycles. The fourth-order valence-electron chi connectivity index (χ4n) is 2.81. The molecule has 0 aliphatic heterocycles. The number of benzene rings is 2. The number of hydrogen-bond donors (Lipinski definition) is 1. The summed E-state index contributed by atoms with van der Waals surface area (Å²) in [6.07, 6.45) is -15.4. The van der Waals surface area contributed by atoms with Crippen LogP contribution in [0, 0.1) is 0 Å². The van der Waals surface area contributed by atoms with Gasteiger partial charge < -0.3 is 5.32 Å². The van der Waals surface area contributed by atoms with Crippen LogP contribution in [0.15, 0.2) is 42.5 Å². The van der Waals surface area contributed by atoms with Crippen molar-refractivity contribution in [2.24, 2.45) is 0 Å². The van der Waals surface area contributed by atoms with Crippen LogP contribution in [-0.2, 0) is 6.18 Å². The Morgan fingerprint density at radius 1 is 0.886 bits per heavy atom. The van der Waals surface area contributed by atoms with Crippen LogP contribution >= 0.6 is 23.2 Å². The molecule has 0 saturated carbocycles. The molecule has 0 aliphatic rings. The Morgan fingerprint density at radius 2 is 1.49 bits per heavy atom. The first-order valence-electron chi connectivity index (χ1n) is 9.30. The number of alkyl halides is 9. The molecule has 0 radical (unpaired) electrons. The van der Waals surface area contributed by atoms with Gasteiger partial charge in [-0.15, -0.1) is 0 Å². The topological polar surface area (TPSA) is 29.1 Å². The molecule has 35 heavy (non-hydrogen) atoms. The maximum Gasteiger partial charge on any atom is 0.417 e. The average molecular weight is 556 g/mol. The van der Waals surface area contributed by atoms with Crippen LogP contribution in [0.3, 0.4) is 0 Å². The van der Waals surface area contributed by atoms with Crippen LogP contribution in [0.5, 0.6) is 0 Å². The van der Waals surface area contributed by atoms with E-state index in [1.54, 1.807) is 0 Å². The van der Waals surface area contributed by atoms with Crippen LogP contribution in [0.1, 0.15) is 39.9 Å². The summed E-state index contributed by atoms with van der Waals surface area (Å²) in [6, 6.07) is 1.14. The second-order valence-corrected chi connectivity index (χ2v) is 8.02. The number of carbonyl (C=O) groups excluding carboxylic acids is 1. The van der Waals surface area contributed by atoms with Gasteiger partial charge in [-0.2, -0.15) is 39.5 Å². The fraction of sp³-hybridized carbons (Fsp3) is 0.286. The van der Waals surface area contributed by atoms with Gasteiger partial charge in [0.05, 0.1) is 21.2 Å². The summed E-state index contributed by atoms with van der Waals surface area (Å²) in [6.45, 7) is 0.488. The average Bonchev–Trinajstić information content (AvgIpc) is 2.71. The Kier molecular flexibility index (Phi) is 8.43. The lowest BCUT2D eigenvalue weighted by Crippen LogP contribution is -2.43. The Hall–Kier alpha value is -2.47. The van der Waals surface area contributed by atoms with Gasteiger partial charge in [-0.3, -0.25) is 4.79 Å². The summed E-state index contributed by atoms with van der Waals surface area (Å²) < 4.78 is 134. The van der Waals surface area contributed by atoms with E-state index in [0.29, 0.717) is 19.1 Å². The minimum atomic E-state index is -5.35. The molecule has 2 aromatic carbocycles. The lowest BCUT2D eigenvalue weighted by atomic mass is 9.95. The monoisotopic (exact) mass is 555 g/mol. The quantitative estimate of drug-likeness (QED) is 0.369. The molecule has 2 atom stereocenters. The van der Waals surface area contributed by atoms with E-state index in [9.17, 15) is 48.7 Å². The third-order valence-electron chi connectivity index (χ3n) is 4.65. The van der Waals surface area contributed by atoms with Gasteiger partial charge in [0.25, 0.3) is 5.91 Å². The second kappa shape index (κ2) is 10.3. The summed E-state index contributed by atoms with van der Waals surface area (Å²) in [4.78, 5) is 12.0. The van der Waals surface area contributed by atoms with Crippen molar-refractivity contribution >= 4 is 34.9 Å². The highest BCUT2D eigenvalue weighted by Crippen LogP contribution is 2.41. The van der Waals surface area contributed by atoms with Gasteiger partial charge in [0.15, 0.2) is 0 Å². The molecule has 2 aromatic rings. The lowest BCUT2D eigenvalue weighted by Gasteiger charge is -2.20. The molecule has 0 bridgehead atoms. The van der Waals surface area contributed by atoms with Gasteiger partial charge in [-0.05, 0) is 42.8 Å². The summed E-state index contributed by atoms with van der Waals surface area (Å²) in [5, 5.41) is 0.961. The van der Waals surface area contributed by atoms with Crippen LogP contribution in [0.2, 0.25) is 10.0 Å². The summed E-state index contributed by atoms with van der Waals surface area (Å²) >= 11 is 11.4. The van der Waals surface area contributed by atoms with Crippen molar-refractivity contribution < 1.29 is 48.7 Å². The van der Waals surface area contributed by atoms with E-state index in [-0.39, 0.29) is 22.2 Å². The van der Waals surface area contributed by atoms with Gasteiger partial charge in [-0.1, -0.05) is 35.3 Å². The zero-order chi connectivity index (χ0) is 26.9. The Morgan fingerprint density at radius 3 is 1.97 bits per heavy atom. The highest BCUT2D eigenvalue weighted by molar-refractivity contribution is 6.42. The molecule has 1 unspecified atom stereocenters. The largest absolute Gasteiger partial charge is 0.417 e. The van der Waals surface area contributed by atoms with E-state index in [0.717, 1.165) is 18.2 Å². The molecule has 192 valence electrons. The summed E-state index contributed by atoms with van der Waals surface area (Å²) in [5.74, 6) is -6.14. The second-order valence-electron chi connectivity index (χ2n) is 7.20. The maximum absolute atomic E-state index is 14.7. The molecule has 0 saturated heterocycles. The van der Waals surface area contributed by atoms with E-state index in [1.165, 1.54) is 5.32 Å². The molecule has 0 aliphatic carbocycles. The molecule has 0 spiro atoms. The molecule has 0 heterocycles. The Balaban J connectivity index is 2.54. The third kappa shape index (κ3) is 7.26. The zero-order valence-electron chi connectivity index (χ0n) is 17.1. The van der Waals surface area contributed by atoms with Crippen molar-refractivity contribution in [2.75, 3.05) is 0 Å². The van der Waals surface area contributed by atoms with Crippen molar-refractivity contribution in [3.63, 3.8) is 0 Å². The standard InChI is InChI=1S/C21H13Cl2F10NO/c1-9(19(25,26)27)34-18(35)12-4-2-11(6-14(12)21(31,32)33)17(24)8-13(20(28,29)30)10-3-5-15(22)16(23)7-10/h2-9,13H,1H3,(H,34,35)/b17-8-/t9-,13?/m1/s1. The fourth-order valence-corrected chi connectivity index (χ4v) is 3.12. The number of carbonyl (C=O) groups is 1.